The van der Waals surface area contributed by atoms with E-state index in [0.29, 0.717) is 43.6 Å². The van der Waals surface area contributed by atoms with E-state index in [1.54, 1.807) is 12.1 Å². The fourth-order valence-corrected chi connectivity index (χ4v) is 12.7. The molecule has 8 atom stereocenters. The van der Waals surface area contributed by atoms with Crippen LogP contribution >= 0.6 is 0 Å². The molecule has 0 bridgehead atoms. The van der Waals surface area contributed by atoms with Crippen molar-refractivity contribution in [3.05, 3.63) is 338 Å². The van der Waals surface area contributed by atoms with Crippen LogP contribution in [0.5, 0.6) is 0 Å². The van der Waals surface area contributed by atoms with Crippen molar-refractivity contribution in [2.75, 3.05) is 26.4 Å². The predicted molar refractivity (Wildman–Crippen MR) is 552 cm³/mol. The fraction of sp³-hybridized carbons (Fsp3) is 0.478. The first kappa shape index (κ1) is 126. The van der Waals surface area contributed by atoms with Crippen LogP contribution in [0.4, 0.5) is 0 Å². The Labute approximate surface area is 786 Å². The minimum atomic E-state index is -3.82. The quantitative estimate of drug-likeness (QED) is 0.0118. The molecule has 3 aliphatic rings. The molecule has 3 fully saturated rings. The summed E-state index contributed by atoms with van der Waals surface area (Å²) in [6, 6.07) is 74.0. The number of hydrogen-bond acceptors (Lipinski definition) is 11. The van der Waals surface area contributed by atoms with Gasteiger partial charge in [-0.1, -0.05) is 379 Å². The third-order valence-corrected chi connectivity index (χ3v) is 21.2. The van der Waals surface area contributed by atoms with Gasteiger partial charge in [0.05, 0.1) is 67.6 Å². The van der Waals surface area contributed by atoms with Gasteiger partial charge in [0.2, 0.25) is 0 Å². The molecule has 0 aromatic heterocycles. The van der Waals surface area contributed by atoms with E-state index in [0.717, 1.165) is 101 Å². The molecule has 129 heavy (non-hydrogen) atoms. The van der Waals surface area contributed by atoms with E-state index >= 15 is 0 Å². The monoisotopic (exact) mass is 1800 g/mol. The second kappa shape index (κ2) is 81.1. The highest BCUT2D eigenvalue weighted by molar-refractivity contribution is 7.86. The van der Waals surface area contributed by atoms with Crippen molar-refractivity contribution in [2.45, 2.75) is 318 Å². The van der Waals surface area contributed by atoms with E-state index in [2.05, 4.69) is 218 Å². The Hall–Kier alpha value is -8.93. The summed E-state index contributed by atoms with van der Waals surface area (Å²) in [5.41, 5.74) is 21.5. The van der Waals surface area contributed by atoms with Gasteiger partial charge < -0.3 is 40.5 Å². The van der Waals surface area contributed by atoms with Crippen LogP contribution in [-0.4, -0.2) is 107 Å². The van der Waals surface area contributed by atoms with Crippen LogP contribution in [0.3, 0.4) is 0 Å². The zero-order valence-electron chi connectivity index (χ0n) is 84.5. The molecule has 9 aromatic carbocycles. The Balaban J connectivity index is -0.000000682. The van der Waals surface area contributed by atoms with Crippen LogP contribution in [0.2, 0.25) is 0 Å². The molecule has 1 aliphatic heterocycles. The normalized spacial score (nSPS) is 14.4. The van der Waals surface area contributed by atoms with Crippen molar-refractivity contribution in [3.63, 3.8) is 0 Å². The van der Waals surface area contributed by atoms with Gasteiger partial charge in [-0.25, -0.2) is 0 Å². The minimum absolute atomic E-state index is 0.0598. The Morgan fingerprint density at radius 3 is 0.744 bits per heavy atom. The number of aliphatic hydroxyl groups is 5. The zero-order valence-corrected chi connectivity index (χ0v) is 85.3. The minimum Gasteiger partial charge on any atom is -0.481 e. The van der Waals surface area contributed by atoms with E-state index in [1.807, 2.05) is 175 Å². The zero-order chi connectivity index (χ0) is 98.5. The summed E-state index contributed by atoms with van der Waals surface area (Å²) >= 11 is 0. The van der Waals surface area contributed by atoms with Crippen LogP contribution < -0.4 is 0 Å². The van der Waals surface area contributed by atoms with Gasteiger partial charge in [0.15, 0.2) is 0 Å². The molecule has 14 heteroatoms. The highest BCUT2D eigenvalue weighted by Crippen LogP contribution is 2.43. The standard InChI is InChI=1S/C18H22O4S.2C13H16O2.2C11H16O2.C11H14O.2C11H14.8C2H6/c1-14-3-7-16(8-4-14)9-10-17(19)13-22-23(20,21)18-11-5-15(2)6-12-18;2*1-9-2-4-10(5-3-9)6-7-11-8-12(11)13(14)15;2*1-9-2-4-10(5-3-9)6-7-11(13)8-12;1-9-2-4-10(5-3-9)6-7-11-8-12-11;2*1-3-4-5-11-8-6-10(2)7-9-11;8*1-2/h3-8,11-12,17,19H,9-10,13H2,1-2H3;2*2-5,11-12H,6-8H2,1H3,(H,14,15);2*2-5,11-13H,6-8H2,1H3;2-5,11H,6-8H2,1H3;2*3,6-9H,1,4-5H2,2H3;8*1-2H3/t17-;2*11-,12-;3*11-;;;;;;;;;;/m010100........../s1. The van der Waals surface area contributed by atoms with Crippen molar-refractivity contribution in [1.82, 2.24) is 0 Å². The van der Waals surface area contributed by atoms with Gasteiger partial charge in [-0.3, -0.25) is 13.8 Å². The molecule has 720 valence electrons. The maximum atomic E-state index is 12.0. The van der Waals surface area contributed by atoms with Crippen molar-refractivity contribution in [3.8, 4) is 0 Å². The maximum absolute atomic E-state index is 12.0. The summed E-state index contributed by atoms with van der Waals surface area (Å²) in [5, 5.41) is 62.9. The van der Waals surface area contributed by atoms with Crippen molar-refractivity contribution < 1.29 is 62.7 Å². The third kappa shape index (κ3) is 65.3. The van der Waals surface area contributed by atoms with E-state index < -0.39 is 40.4 Å². The van der Waals surface area contributed by atoms with Crippen LogP contribution in [0.15, 0.2) is 249 Å². The molecule has 13 nitrogen and oxygen atoms in total. The molecule has 1 heterocycles. The number of aryl methyl sites for hydroxylation is 17. The molecule has 1 saturated heterocycles. The molecule has 2 saturated carbocycles. The molecule has 12 rings (SSSR count). The van der Waals surface area contributed by atoms with Gasteiger partial charge in [-0.15, -0.1) is 13.2 Å². The summed E-state index contributed by atoms with van der Waals surface area (Å²) in [5.74, 6) is -0.522. The summed E-state index contributed by atoms with van der Waals surface area (Å²) < 4.78 is 34.2. The lowest BCUT2D eigenvalue weighted by molar-refractivity contribution is -0.139. The smallest absolute Gasteiger partial charge is 0.306 e. The number of hydrogen-bond donors (Lipinski definition) is 7. The maximum Gasteiger partial charge on any atom is 0.306 e. The van der Waals surface area contributed by atoms with Gasteiger partial charge in [0.1, 0.15) is 0 Å². The van der Waals surface area contributed by atoms with E-state index in [9.17, 15) is 23.1 Å². The SMILES string of the molecule is C=CCCc1ccc(C)cc1.C=CCCc1ccc(C)cc1.CC.CC.CC.CC.CC.CC.CC.CC.Cc1ccc(CC[C@@H](O)CO)cc1.Cc1ccc(CC[C@@H]2C[C@H]2C(=O)O)cc1.Cc1ccc(CC[C@H](O)CO)cc1.Cc1ccc(CC[C@H](O)COS(=O)(=O)c2ccc(C)cc2)cc1.Cc1ccc(CC[C@H]2CO2)cc1.Cc1ccc(CC[C@H]2C[C@@H]2C(=O)O)cc1. The lowest BCUT2D eigenvalue weighted by Gasteiger charge is -2.11. The molecule has 0 amide bonds. The van der Waals surface area contributed by atoms with Crippen molar-refractivity contribution in [2.24, 2.45) is 23.7 Å². The molecule has 0 unspecified atom stereocenters. The molecular weight excluding hydrogens is 1620 g/mol. The molecule has 2 aliphatic carbocycles. The van der Waals surface area contributed by atoms with Gasteiger partial charge in [0, 0.05) is 0 Å². The van der Waals surface area contributed by atoms with Gasteiger partial charge >= 0.3 is 11.9 Å². The lowest BCUT2D eigenvalue weighted by Crippen LogP contribution is -2.19. The topological polar surface area (TPSA) is 232 Å². The number of allylic oxidation sites excluding steroid dienone is 2. The largest absolute Gasteiger partial charge is 0.481 e. The number of carbonyl (C=O) groups is 2. The number of ether oxygens (including phenoxy) is 1. The second-order valence-corrected chi connectivity index (χ2v) is 32.1. The third-order valence-electron chi connectivity index (χ3n) is 19.9. The summed E-state index contributed by atoms with van der Waals surface area (Å²) in [7, 11) is -3.82. The van der Waals surface area contributed by atoms with Crippen LogP contribution in [0.25, 0.3) is 0 Å². The van der Waals surface area contributed by atoms with E-state index in [4.69, 9.17) is 39.6 Å². The predicted octanol–water partition coefficient (Wildman–Crippen LogP) is 27.6. The number of benzene rings is 9. The molecule has 7 N–H and O–H groups in total. The average Bonchev–Trinajstić information content (AvgIpc) is 1.70. The molecular formula is C115H176O13S. The first-order valence-corrected chi connectivity index (χ1v) is 49.5. The Morgan fingerprint density at radius 2 is 0.543 bits per heavy atom. The highest BCUT2D eigenvalue weighted by atomic mass is 32.2. The average molecular weight is 1800 g/mol. The van der Waals surface area contributed by atoms with Crippen LogP contribution in [0.1, 0.15) is 270 Å². The van der Waals surface area contributed by atoms with Crippen molar-refractivity contribution in [1.29, 1.82) is 0 Å². The highest BCUT2D eigenvalue weighted by Gasteiger charge is 2.43. The van der Waals surface area contributed by atoms with E-state index in [-0.39, 0.29) is 36.6 Å². The molecule has 0 spiro atoms. The number of rotatable bonds is 32. The first-order valence-electron chi connectivity index (χ1n) is 48.1. The summed E-state index contributed by atoms with van der Waals surface area (Å²) in [4.78, 5) is 21.4. The number of carboxylic acids is 2. The fourth-order valence-electron chi connectivity index (χ4n) is 11.8. The van der Waals surface area contributed by atoms with Gasteiger partial charge in [-0.2, -0.15) is 8.42 Å². The second-order valence-electron chi connectivity index (χ2n) is 30.5. The summed E-state index contributed by atoms with van der Waals surface area (Å²) in [6.07, 6.45) is 19.0. The van der Waals surface area contributed by atoms with Crippen LogP contribution in [-0.2, 0) is 80.0 Å². The molecule has 9 aromatic rings. The van der Waals surface area contributed by atoms with Crippen molar-refractivity contribution >= 4 is 22.1 Å². The Kier molecular flexibility index (Phi) is 79.4. The summed E-state index contributed by atoms with van der Waals surface area (Å²) in [6.45, 7) is 58.3. The number of epoxide rings is 1. The van der Waals surface area contributed by atoms with Gasteiger partial charge in [0.25, 0.3) is 10.1 Å². The Bertz CT molecular complexity index is 4030. The number of aliphatic carboxylic acids is 2. The first-order chi connectivity index (χ1) is 62.1. The number of carboxylic acid groups (broad SMARTS) is 2. The van der Waals surface area contributed by atoms with Crippen LogP contribution in [0, 0.1) is 86.0 Å². The molecule has 0 radical (unpaired) electrons. The van der Waals surface area contributed by atoms with Gasteiger partial charge in [-0.05, 0) is 246 Å². The van der Waals surface area contributed by atoms with E-state index in [1.165, 1.54) is 102 Å². The Morgan fingerprint density at radius 1 is 0.341 bits per heavy atom. The number of aliphatic hydroxyl groups excluding tert-OH is 5. The lowest BCUT2D eigenvalue weighted by atomic mass is 10.1.